The topological polar surface area (TPSA) is 101 Å². The summed E-state index contributed by atoms with van der Waals surface area (Å²) in [4.78, 5) is 25.4. The number of carbonyl (C=O) groups is 1. The van der Waals surface area contributed by atoms with E-state index in [1.54, 1.807) is 19.2 Å². The van der Waals surface area contributed by atoms with Crippen LogP contribution < -0.4 is 0 Å². The Balaban J connectivity index is 1.78. The zero-order valence-electron chi connectivity index (χ0n) is 15.9. The number of carbonyl (C=O) groups excluding carboxylic acids is 1. The number of hydrogen-bond donors (Lipinski definition) is 1. The van der Waals surface area contributed by atoms with Crippen LogP contribution in [-0.4, -0.2) is 46.2 Å². The van der Waals surface area contributed by atoms with Crippen molar-refractivity contribution in [3.63, 3.8) is 0 Å². The van der Waals surface area contributed by atoms with E-state index >= 15 is 0 Å². The maximum absolute atomic E-state index is 13.1. The van der Waals surface area contributed by atoms with Gasteiger partial charge < -0.3 is 9.64 Å². The number of nitro benzene ring substituents is 1. The number of benzene rings is 2. The first-order valence-corrected chi connectivity index (χ1v) is 9.29. The zero-order valence-corrected chi connectivity index (χ0v) is 15.9. The number of ether oxygens (including phenoxy) is 1. The van der Waals surface area contributed by atoms with Crippen molar-refractivity contribution in [3.05, 3.63) is 81.5 Å². The summed E-state index contributed by atoms with van der Waals surface area (Å²) in [5.41, 5.74) is 3.61. The van der Waals surface area contributed by atoms with Gasteiger partial charge in [-0.05, 0) is 24.1 Å². The first kappa shape index (κ1) is 18.8. The predicted octanol–water partition coefficient (Wildman–Crippen LogP) is 3.57. The van der Waals surface area contributed by atoms with E-state index in [2.05, 4.69) is 10.2 Å². The molecule has 1 aliphatic rings. The second kappa shape index (κ2) is 7.84. The number of hydrogen-bond acceptors (Lipinski definition) is 5. The molecule has 0 saturated heterocycles. The Morgan fingerprint density at radius 2 is 1.90 bits per heavy atom. The van der Waals surface area contributed by atoms with Gasteiger partial charge in [0.15, 0.2) is 0 Å². The van der Waals surface area contributed by atoms with Gasteiger partial charge in [-0.2, -0.15) is 5.10 Å². The van der Waals surface area contributed by atoms with Crippen LogP contribution in [0, 0.1) is 10.1 Å². The van der Waals surface area contributed by atoms with Crippen molar-refractivity contribution in [2.75, 3.05) is 20.3 Å². The van der Waals surface area contributed by atoms with Gasteiger partial charge in [0.2, 0.25) is 0 Å². The third-order valence-corrected chi connectivity index (χ3v) is 5.08. The summed E-state index contributed by atoms with van der Waals surface area (Å²) in [7, 11) is 1.64. The second-order valence-corrected chi connectivity index (χ2v) is 6.82. The van der Waals surface area contributed by atoms with Crippen LogP contribution >= 0.6 is 0 Å². The number of aromatic nitrogens is 2. The Hall–Kier alpha value is -3.52. The molecule has 1 aliphatic heterocycles. The number of methoxy groups -OCH3 is 1. The number of rotatable bonds is 7. The van der Waals surface area contributed by atoms with E-state index < -0.39 is 4.92 Å². The molecule has 4 rings (SSSR count). The van der Waals surface area contributed by atoms with E-state index in [0.717, 1.165) is 23.1 Å². The smallest absolute Gasteiger partial charge is 0.273 e. The van der Waals surface area contributed by atoms with Gasteiger partial charge in [0.1, 0.15) is 5.69 Å². The number of nitrogens with zero attached hydrogens (tertiary/aromatic N) is 3. The van der Waals surface area contributed by atoms with Crippen LogP contribution in [0.25, 0.3) is 11.3 Å². The first-order valence-electron chi connectivity index (χ1n) is 9.29. The fourth-order valence-electron chi connectivity index (χ4n) is 3.75. The Morgan fingerprint density at radius 3 is 2.55 bits per heavy atom. The van der Waals surface area contributed by atoms with Crippen LogP contribution in [0.1, 0.15) is 34.1 Å². The Bertz CT molecular complexity index is 1030. The largest absolute Gasteiger partial charge is 0.385 e. The Kier molecular flexibility index (Phi) is 5.09. The number of nitro groups is 1. The van der Waals surface area contributed by atoms with Gasteiger partial charge in [-0.3, -0.25) is 20.0 Å². The summed E-state index contributed by atoms with van der Waals surface area (Å²) in [5.74, 6) is -0.106. The highest BCUT2D eigenvalue weighted by molar-refractivity contribution is 6.00. The third kappa shape index (κ3) is 3.38. The van der Waals surface area contributed by atoms with Crippen molar-refractivity contribution < 1.29 is 14.5 Å². The molecular weight excluding hydrogens is 372 g/mol. The quantitative estimate of drug-likeness (QED) is 0.376. The highest BCUT2D eigenvalue weighted by atomic mass is 16.6. The highest BCUT2D eigenvalue weighted by Gasteiger charge is 2.41. The van der Waals surface area contributed by atoms with Gasteiger partial charge in [-0.1, -0.05) is 30.3 Å². The number of amides is 1. The van der Waals surface area contributed by atoms with Crippen molar-refractivity contribution in [3.8, 4) is 11.3 Å². The molecule has 1 aromatic heterocycles. The molecule has 29 heavy (non-hydrogen) atoms. The molecule has 3 aromatic rings. The summed E-state index contributed by atoms with van der Waals surface area (Å²) in [5, 5.41) is 18.2. The molecule has 1 unspecified atom stereocenters. The van der Waals surface area contributed by atoms with Gasteiger partial charge >= 0.3 is 0 Å². The fraction of sp³-hybridized carbons (Fsp3) is 0.238. The van der Waals surface area contributed by atoms with E-state index in [1.165, 1.54) is 12.1 Å². The predicted molar refractivity (Wildman–Crippen MR) is 106 cm³/mol. The molecule has 1 atom stereocenters. The van der Waals surface area contributed by atoms with Crippen molar-refractivity contribution in [2.45, 2.75) is 12.5 Å². The van der Waals surface area contributed by atoms with Crippen molar-refractivity contribution >= 4 is 11.6 Å². The summed E-state index contributed by atoms with van der Waals surface area (Å²) in [6.07, 6.45) is 0.718. The molecule has 148 valence electrons. The lowest BCUT2D eigenvalue weighted by molar-refractivity contribution is -0.384. The fourth-order valence-corrected chi connectivity index (χ4v) is 3.75. The van der Waals surface area contributed by atoms with E-state index in [1.807, 2.05) is 35.2 Å². The molecule has 2 heterocycles. The van der Waals surface area contributed by atoms with E-state index in [4.69, 9.17) is 4.74 Å². The van der Waals surface area contributed by atoms with E-state index in [0.29, 0.717) is 24.5 Å². The molecule has 0 saturated carbocycles. The minimum Gasteiger partial charge on any atom is -0.385 e. The van der Waals surface area contributed by atoms with Gasteiger partial charge in [0, 0.05) is 43.5 Å². The Morgan fingerprint density at radius 1 is 1.17 bits per heavy atom. The number of non-ortho nitro benzene ring substituents is 1. The molecular formula is C21H20N4O4. The summed E-state index contributed by atoms with van der Waals surface area (Å²) in [6.45, 7) is 1.11. The molecule has 1 amide bonds. The maximum Gasteiger partial charge on any atom is 0.273 e. The normalized spacial score (nSPS) is 15.6. The number of H-pyrrole nitrogens is 1. The summed E-state index contributed by atoms with van der Waals surface area (Å²) >= 11 is 0. The molecule has 2 aromatic carbocycles. The Labute approximate surface area is 167 Å². The minimum absolute atomic E-state index is 0.0119. The maximum atomic E-state index is 13.1. The monoisotopic (exact) mass is 392 g/mol. The molecule has 0 radical (unpaired) electrons. The number of fused-ring (bicyclic) bond motifs is 1. The lowest BCUT2D eigenvalue weighted by atomic mass is 9.96. The second-order valence-electron chi connectivity index (χ2n) is 6.82. The van der Waals surface area contributed by atoms with Crippen molar-refractivity contribution in [1.29, 1.82) is 0 Å². The summed E-state index contributed by atoms with van der Waals surface area (Å²) in [6, 6.07) is 15.7. The van der Waals surface area contributed by atoms with Crippen molar-refractivity contribution in [1.82, 2.24) is 15.1 Å². The van der Waals surface area contributed by atoms with Crippen LogP contribution in [0.2, 0.25) is 0 Å². The molecule has 8 heteroatoms. The van der Waals surface area contributed by atoms with Gasteiger partial charge in [-0.15, -0.1) is 0 Å². The van der Waals surface area contributed by atoms with Gasteiger partial charge in [0.05, 0.1) is 16.7 Å². The van der Waals surface area contributed by atoms with Crippen LogP contribution in [-0.2, 0) is 4.74 Å². The number of nitrogens with one attached hydrogen (secondary N) is 1. The van der Waals surface area contributed by atoms with Crippen LogP contribution in [0.3, 0.4) is 0 Å². The lowest BCUT2D eigenvalue weighted by Crippen LogP contribution is -2.31. The molecule has 8 nitrogen and oxygen atoms in total. The molecule has 0 spiro atoms. The average molecular weight is 392 g/mol. The highest BCUT2D eigenvalue weighted by Crippen LogP contribution is 2.42. The standard InChI is InChI=1S/C21H20N4O4/c1-29-13-5-12-24-20(15-6-3-2-4-7-15)17-18(22-23-19(17)21(24)26)14-8-10-16(11-9-14)25(27)28/h2-4,6-11,20H,5,12-13H2,1H3,(H,22,23). The molecule has 0 bridgehead atoms. The summed E-state index contributed by atoms with van der Waals surface area (Å²) < 4.78 is 5.15. The van der Waals surface area contributed by atoms with Crippen LogP contribution in [0.4, 0.5) is 5.69 Å². The van der Waals surface area contributed by atoms with E-state index in [9.17, 15) is 14.9 Å². The molecule has 1 N–H and O–H groups in total. The lowest BCUT2D eigenvalue weighted by Gasteiger charge is -2.26. The van der Waals surface area contributed by atoms with Crippen molar-refractivity contribution in [2.24, 2.45) is 0 Å². The van der Waals surface area contributed by atoms with E-state index in [-0.39, 0.29) is 17.6 Å². The molecule has 0 aliphatic carbocycles. The molecule has 0 fully saturated rings. The van der Waals surface area contributed by atoms with Crippen LogP contribution in [0.5, 0.6) is 0 Å². The number of aromatic amines is 1. The first-order chi connectivity index (χ1) is 14.1. The average Bonchev–Trinajstić information content (AvgIpc) is 3.28. The van der Waals surface area contributed by atoms with Gasteiger partial charge in [0.25, 0.3) is 11.6 Å². The minimum atomic E-state index is -0.438. The SMILES string of the molecule is COCCCN1C(=O)c2[nH]nc(-c3ccc([N+](=O)[O-])cc3)c2C1c1ccccc1. The third-order valence-electron chi connectivity index (χ3n) is 5.08. The van der Waals surface area contributed by atoms with Crippen LogP contribution in [0.15, 0.2) is 54.6 Å². The van der Waals surface area contributed by atoms with Gasteiger partial charge in [-0.25, -0.2) is 0 Å². The zero-order chi connectivity index (χ0) is 20.4.